The topological polar surface area (TPSA) is 86.0 Å². The molecule has 9 nitrogen and oxygen atoms in total. The maximum Gasteiger partial charge on any atom is 0.373 e. The van der Waals surface area contributed by atoms with Crippen LogP contribution in [0.1, 0.15) is 18.5 Å². The Kier molecular flexibility index (Phi) is 5.96. The lowest BCUT2D eigenvalue weighted by Crippen LogP contribution is -2.62. The van der Waals surface area contributed by atoms with Crippen LogP contribution in [-0.2, 0) is 4.74 Å². The van der Waals surface area contributed by atoms with Gasteiger partial charge in [0.15, 0.2) is 0 Å². The number of anilines is 2. The van der Waals surface area contributed by atoms with Crippen molar-refractivity contribution in [1.82, 2.24) is 15.1 Å². The fourth-order valence-electron chi connectivity index (χ4n) is 4.70. The number of hydrogen-bond acceptors (Lipinski definition) is 9. The number of alkyl halides is 2. The quantitative estimate of drug-likeness (QED) is 0.531. The van der Waals surface area contributed by atoms with Crippen molar-refractivity contribution in [2.24, 2.45) is 0 Å². The predicted octanol–water partition coefficient (Wildman–Crippen LogP) is 3.93. The third-order valence-corrected chi connectivity index (χ3v) is 6.44. The van der Waals surface area contributed by atoms with Crippen molar-refractivity contribution in [2.45, 2.75) is 31.5 Å². The van der Waals surface area contributed by atoms with Crippen LogP contribution in [0.3, 0.4) is 0 Å². The Morgan fingerprint density at radius 3 is 2.34 bits per heavy atom. The van der Waals surface area contributed by atoms with E-state index >= 15 is 0 Å². The second kappa shape index (κ2) is 8.95. The molecule has 0 atom stereocenters. The number of aromatic nitrogens is 3. The highest BCUT2D eigenvalue weighted by Crippen LogP contribution is 2.40. The van der Waals surface area contributed by atoms with Gasteiger partial charge in [-0.15, -0.1) is 0 Å². The van der Waals surface area contributed by atoms with Gasteiger partial charge in [0.25, 0.3) is 0 Å². The average molecular weight is 488 g/mol. The molecule has 2 aromatic heterocycles. The van der Waals surface area contributed by atoms with E-state index in [9.17, 15) is 8.78 Å². The molecule has 2 aliphatic heterocycles. The zero-order valence-electron chi connectivity index (χ0n) is 19.8. The molecule has 11 heteroatoms. The van der Waals surface area contributed by atoms with E-state index in [1.807, 2.05) is 19.1 Å². The first-order valence-corrected chi connectivity index (χ1v) is 11.4. The lowest BCUT2D eigenvalue weighted by molar-refractivity contribution is -0.305. The molecule has 35 heavy (non-hydrogen) atoms. The summed E-state index contributed by atoms with van der Waals surface area (Å²) in [6.07, 6.45) is -0.711. The van der Waals surface area contributed by atoms with Crippen molar-refractivity contribution in [2.75, 3.05) is 50.2 Å². The van der Waals surface area contributed by atoms with Gasteiger partial charge >= 0.3 is 12.1 Å². The first kappa shape index (κ1) is 23.3. The molecule has 1 aromatic carbocycles. The van der Waals surface area contributed by atoms with Crippen molar-refractivity contribution in [1.29, 1.82) is 0 Å². The molecule has 186 valence electrons. The Morgan fingerprint density at radius 1 is 0.971 bits per heavy atom. The summed E-state index contributed by atoms with van der Waals surface area (Å²) < 4.78 is 50.9. The molecule has 0 amide bonds. The van der Waals surface area contributed by atoms with Gasteiger partial charge in [-0.25, -0.2) is 0 Å². The van der Waals surface area contributed by atoms with Crippen LogP contribution in [0.25, 0.3) is 11.4 Å². The molecule has 4 heterocycles. The number of pyridine rings is 1. The molecule has 2 saturated heterocycles. The minimum atomic E-state index is -3.35. The van der Waals surface area contributed by atoms with Crippen LogP contribution in [-0.4, -0.2) is 67.2 Å². The van der Waals surface area contributed by atoms with Gasteiger partial charge in [-0.2, -0.15) is 13.8 Å². The maximum atomic E-state index is 14.8. The van der Waals surface area contributed by atoms with E-state index in [0.717, 1.165) is 11.4 Å². The molecule has 1 spiro atoms. The first-order chi connectivity index (χ1) is 16.8. The van der Waals surface area contributed by atoms with Crippen LogP contribution in [0.5, 0.6) is 11.5 Å². The van der Waals surface area contributed by atoms with Gasteiger partial charge in [-0.1, -0.05) is 5.16 Å². The largest absolute Gasteiger partial charge is 0.497 e. The molecule has 3 aromatic rings. The summed E-state index contributed by atoms with van der Waals surface area (Å²) in [5, 5.41) is 4.01. The summed E-state index contributed by atoms with van der Waals surface area (Å²) in [7, 11) is 3.08. The number of benzene rings is 1. The zero-order chi connectivity index (χ0) is 24.6. The van der Waals surface area contributed by atoms with E-state index in [4.69, 9.17) is 18.7 Å². The Morgan fingerprint density at radius 2 is 1.69 bits per heavy atom. The summed E-state index contributed by atoms with van der Waals surface area (Å²) in [6, 6.07) is 9.12. The Bertz CT molecular complexity index is 1170. The highest BCUT2D eigenvalue weighted by atomic mass is 19.3. The minimum absolute atomic E-state index is 0.0244. The summed E-state index contributed by atoms with van der Waals surface area (Å²) in [6.45, 7) is 2.68. The summed E-state index contributed by atoms with van der Waals surface area (Å²) in [5.41, 5.74) is 1.51. The van der Waals surface area contributed by atoms with Crippen LogP contribution in [0, 0.1) is 6.92 Å². The summed E-state index contributed by atoms with van der Waals surface area (Å²) >= 11 is 0. The van der Waals surface area contributed by atoms with Crippen molar-refractivity contribution in [3.63, 3.8) is 0 Å². The number of morpholine rings is 1. The second-order valence-corrected chi connectivity index (χ2v) is 8.92. The molecule has 0 aliphatic carbocycles. The standard InChI is InChI=1S/C24H27F2N5O4/c1-16-10-18(4-7-27-16)30-8-5-23(6-9-30)14-31(15-24(25,26)35-23)22-28-21(29-34-22)17-11-19(32-2)13-20(12-17)33-3/h4,7,10-13H,5-6,8-9,14-15H2,1-3H3. The zero-order valence-corrected chi connectivity index (χ0v) is 19.8. The smallest absolute Gasteiger partial charge is 0.373 e. The van der Waals surface area contributed by atoms with E-state index < -0.39 is 18.3 Å². The normalized spacial score (nSPS) is 19.1. The molecule has 0 unspecified atom stereocenters. The van der Waals surface area contributed by atoms with Gasteiger partial charge in [0.2, 0.25) is 5.82 Å². The van der Waals surface area contributed by atoms with Crippen molar-refractivity contribution < 1.29 is 27.5 Å². The molecule has 5 rings (SSSR count). The highest BCUT2D eigenvalue weighted by molar-refractivity contribution is 5.61. The van der Waals surface area contributed by atoms with E-state index in [1.165, 1.54) is 19.1 Å². The lowest BCUT2D eigenvalue weighted by Gasteiger charge is -2.49. The fraction of sp³-hybridized carbons (Fsp3) is 0.458. The number of piperidine rings is 1. The Balaban J connectivity index is 1.35. The van der Waals surface area contributed by atoms with Crippen molar-refractivity contribution >= 4 is 11.7 Å². The first-order valence-electron chi connectivity index (χ1n) is 11.4. The summed E-state index contributed by atoms with van der Waals surface area (Å²) in [5.74, 6) is 1.36. The number of halogens is 2. The number of hydrogen-bond donors (Lipinski definition) is 0. The van der Waals surface area contributed by atoms with E-state index in [0.29, 0.717) is 43.0 Å². The molecule has 0 radical (unpaired) electrons. The predicted molar refractivity (Wildman–Crippen MR) is 124 cm³/mol. The monoisotopic (exact) mass is 487 g/mol. The van der Waals surface area contributed by atoms with Crippen molar-refractivity contribution in [3.8, 4) is 22.9 Å². The fourth-order valence-corrected chi connectivity index (χ4v) is 4.70. The molecule has 0 N–H and O–H groups in total. The maximum absolute atomic E-state index is 14.8. The van der Waals surface area contributed by atoms with Gasteiger partial charge in [-0.3, -0.25) is 4.98 Å². The van der Waals surface area contributed by atoms with Crippen LogP contribution in [0.4, 0.5) is 20.5 Å². The molecule has 0 saturated carbocycles. The third kappa shape index (κ3) is 4.86. The lowest BCUT2D eigenvalue weighted by atomic mass is 9.89. The summed E-state index contributed by atoms with van der Waals surface area (Å²) in [4.78, 5) is 12.2. The Hall–Kier alpha value is -3.47. The van der Waals surface area contributed by atoms with Gasteiger partial charge < -0.3 is 28.5 Å². The molecular formula is C24H27F2N5O4. The molecule has 2 fully saturated rings. The molecular weight excluding hydrogens is 460 g/mol. The van der Waals surface area contributed by atoms with Gasteiger partial charge in [0.05, 0.1) is 26.4 Å². The average Bonchev–Trinajstić information content (AvgIpc) is 3.34. The number of aryl methyl sites for hydroxylation is 1. The molecule has 2 aliphatic rings. The van der Waals surface area contributed by atoms with Crippen LogP contribution in [0.2, 0.25) is 0 Å². The van der Waals surface area contributed by atoms with Crippen LogP contribution < -0.4 is 19.3 Å². The second-order valence-electron chi connectivity index (χ2n) is 8.92. The third-order valence-electron chi connectivity index (χ3n) is 6.44. The van der Waals surface area contributed by atoms with Crippen LogP contribution in [0.15, 0.2) is 41.1 Å². The minimum Gasteiger partial charge on any atom is -0.497 e. The number of rotatable bonds is 5. The van der Waals surface area contributed by atoms with Gasteiger partial charge in [0, 0.05) is 42.3 Å². The number of ether oxygens (including phenoxy) is 3. The van der Waals surface area contributed by atoms with Crippen LogP contribution >= 0.6 is 0 Å². The molecule has 0 bridgehead atoms. The number of methoxy groups -OCH3 is 2. The SMILES string of the molecule is COc1cc(OC)cc(-c2noc(N3CC(F)(F)OC4(CCN(c5ccnc(C)c5)CC4)C3)n2)c1. The van der Waals surface area contributed by atoms with E-state index in [1.54, 1.807) is 24.4 Å². The van der Waals surface area contributed by atoms with Gasteiger partial charge in [0.1, 0.15) is 18.0 Å². The van der Waals surface area contributed by atoms with Crippen molar-refractivity contribution in [3.05, 3.63) is 42.2 Å². The van der Waals surface area contributed by atoms with E-state index in [-0.39, 0.29) is 18.4 Å². The van der Waals surface area contributed by atoms with E-state index in [2.05, 4.69) is 20.0 Å². The van der Waals surface area contributed by atoms with Gasteiger partial charge in [-0.05, 0) is 44.0 Å². The number of nitrogens with zero attached hydrogens (tertiary/aromatic N) is 5. The Labute approximate surface area is 201 Å². The highest BCUT2D eigenvalue weighted by Gasteiger charge is 2.52.